The number of halogens is 1. The number of nitrogens with two attached hydrogens (primary N) is 1. The molecule has 1 atom stereocenters. The standard InChI is InChI=1S/C16H16FN3/c1-11(8-12-2-5-14(17)6-3-12)20-16-9-13(10-18)4-7-15(16)19/h2-7,9,11,20H,8,19H2,1H3. The van der Waals surface area contributed by atoms with Crippen molar-refractivity contribution in [1.29, 1.82) is 5.26 Å². The molecule has 20 heavy (non-hydrogen) atoms. The van der Waals surface area contributed by atoms with Crippen LogP contribution in [-0.4, -0.2) is 6.04 Å². The van der Waals surface area contributed by atoms with Crippen LogP contribution in [0.2, 0.25) is 0 Å². The summed E-state index contributed by atoms with van der Waals surface area (Å²) in [6.07, 6.45) is 0.747. The number of anilines is 2. The van der Waals surface area contributed by atoms with Gasteiger partial charge in [0.1, 0.15) is 5.82 Å². The Kier molecular flexibility index (Phi) is 4.21. The first-order valence-electron chi connectivity index (χ1n) is 6.39. The van der Waals surface area contributed by atoms with E-state index in [1.807, 2.05) is 6.92 Å². The molecule has 0 aliphatic carbocycles. The first-order valence-corrected chi connectivity index (χ1v) is 6.39. The maximum Gasteiger partial charge on any atom is 0.123 e. The Morgan fingerprint density at radius 3 is 2.60 bits per heavy atom. The summed E-state index contributed by atoms with van der Waals surface area (Å²) in [5.41, 5.74) is 8.85. The van der Waals surface area contributed by atoms with E-state index in [0.29, 0.717) is 11.3 Å². The van der Waals surface area contributed by atoms with Gasteiger partial charge in [0.25, 0.3) is 0 Å². The van der Waals surface area contributed by atoms with Gasteiger partial charge in [-0.25, -0.2) is 4.39 Å². The SMILES string of the molecule is CC(Cc1ccc(F)cc1)Nc1cc(C#N)ccc1N. The summed E-state index contributed by atoms with van der Waals surface area (Å²) in [4.78, 5) is 0. The lowest BCUT2D eigenvalue weighted by Crippen LogP contribution is -2.19. The molecule has 0 spiro atoms. The predicted octanol–water partition coefficient (Wildman–Crippen LogP) is 3.32. The van der Waals surface area contributed by atoms with Gasteiger partial charge in [-0.3, -0.25) is 0 Å². The van der Waals surface area contributed by atoms with Crippen LogP contribution >= 0.6 is 0 Å². The van der Waals surface area contributed by atoms with Crippen molar-refractivity contribution >= 4 is 11.4 Å². The molecule has 2 rings (SSSR count). The molecule has 0 saturated carbocycles. The highest BCUT2D eigenvalue weighted by molar-refractivity contribution is 5.68. The van der Waals surface area contributed by atoms with Gasteiger partial charge in [0.05, 0.1) is 23.0 Å². The van der Waals surface area contributed by atoms with Crippen LogP contribution < -0.4 is 11.1 Å². The fraction of sp³-hybridized carbons (Fsp3) is 0.188. The summed E-state index contributed by atoms with van der Waals surface area (Å²) >= 11 is 0. The summed E-state index contributed by atoms with van der Waals surface area (Å²) in [6, 6.07) is 13.8. The van der Waals surface area contributed by atoms with Crippen molar-refractivity contribution in [3.05, 3.63) is 59.4 Å². The smallest absolute Gasteiger partial charge is 0.123 e. The van der Waals surface area contributed by atoms with Gasteiger partial charge < -0.3 is 11.1 Å². The molecule has 0 fully saturated rings. The Labute approximate surface area is 117 Å². The molecular formula is C16H16FN3. The van der Waals surface area contributed by atoms with E-state index in [4.69, 9.17) is 11.0 Å². The molecule has 0 bridgehead atoms. The number of rotatable bonds is 4. The summed E-state index contributed by atoms with van der Waals surface area (Å²) < 4.78 is 12.8. The quantitative estimate of drug-likeness (QED) is 0.837. The van der Waals surface area contributed by atoms with E-state index >= 15 is 0 Å². The van der Waals surface area contributed by atoms with E-state index in [1.165, 1.54) is 12.1 Å². The van der Waals surface area contributed by atoms with Crippen molar-refractivity contribution < 1.29 is 4.39 Å². The maximum absolute atomic E-state index is 12.8. The zero-order valence-electron chi connectivity index (χ0n) is 11.2. The highest BCUT2D eigenvalue weighted by atomic mass is 19.1. The van der Waals surface area contributed by atoms with Crippen LogP contribution in [0.5, 0.6) is 0 Å². The molecule has 0 aliphatic rings. The monoisotopic (exact) mass is 269 g/mol. The van der Waals surface area contributed by atoms with Crippen molar-refractivity contribution in [2.24, 2.45) is 0 Å². The highest BCUT2D eigenvalue weighted by Gasteiger charge is 2.07. The molecular weight excluding hydrogens is 253 g/mol. The molecule has 3 N–H and O–H groups in total. The number of hydrogen-bond acceptors (Lipinski definition) is 3. The zero-order chi connectivity index (χ0) is 14.5. The predicted molar refractivity (Wildman–Crippen MR) is 78.8 cm³/mol. The van der Waals surface area contributed by atoms with E-state index in [2.05, 4.69) is 11.4 Å². The summed E-state index contributed by atoms with van der Waals surface area (Å²) in [5.74, 6) is -0.236. The van der Waals surface area contributed by atoms with Gasteiger partial charge in [0, 0.05) is 6.04 Å². The number of nitrogen functional groups attached to an aromatic ring is 1. The molecule has 4 heteroatoms. The zero-order valence-corrected chi connectivity index (χ0v) is 11.2. The molecule has 0 aliphatic heterocycles. The molecule has 1 unspecified atom stereocenters. The van der Waals surface area contributed by atoms with Gasteiger partial charge in [-0.15, -0.1) is 0 Å². The van der Waals surface area contributed by atoms with Crippen molar-refractivity contribution in [1.82, 2.24) is 0 Å². The van der Waals surface area contributed by atoms with Gasteiger partial charge in [-0.05, 0) is 49.2 Å². The average Bonchev–Trinajstić information content (AvgIpc) is 2.44. The third-order valence-corrected chi connectivity index (χ3v) is 3.04. The second-order valence-electron chi connectivity index (χ2n) is 4.79. The van der Waals surface area contributed by atoms with Crippen LogP contribution in [0, 0.1) is 17.1 Å². The molecule has 3 nitrogen and oxygen atoms in total. The number of hydrogen-bond donors (Lipinski definition) is 2. The Hall–Kier alpha value is -2.54. The summed E-state index contributed by atoms with van der Waals surface area (Å²) in [5, 5.41) is 12.2. The number of nitrogens with zero attached hydrogens (tertiary/aromatic N) is 1. The van der Waals surface area contributed by atoms with Crippen molar-refractivity contribution in [2.45, 2.75) is 19.4 Å². The lowest BCUT2D eigenvalue weighted by Gasteiger charge is -2.17. The molecule has 0 saturated heterocycles. The largest absolute Gasteiger partial charge is 0.397 e. The van der Waals surface area contributed by atoms with Crippen LogP contribution in [0.25, 0.3) is 0 Å². The molecule has 102 valence electrons. The van der Waals surface area contributed by atoms with Gasteiger partial charge in [0.2, 0.25) is 0 Å². The van der Waals surface area contributed by atoms with Gasteiger partial charge in [0.15, 0.2) is 0 Å². The fourth-order valence-corrected chi connectivity index (χ4v) is 2.04. The maximum atomic E-state index is 12.8. The first-order chi connectivity index (χ1) is 9.58. The number of benzene rings is 2. The minimum Gasteiger partial charge on any atom is -0.397 e. The van der Waals surface area contributed by atoms with Gasteiger partial charge >= 0.3 is 0 Å². The third kappa shape index (κ3) is 3.48. The Balaban J connectivity index is 2.06. The summed E-state index contributed by atoms with van der Waals surface area (Å²) in [6.45, 7) is 2.02. The van der Waals surface area contributed by atoms with Crippen molar-refractivity contribution in [3.8, 4) is 6.07 Å². The minimum absolute atomic E-state index is 0.122. The fourth-order valence-electron chi connectivity index (χ4n) is 2.04. The van der Waals surface area contributed by atoms with E-state index in [1.54, 1.807) is 30.3 Å². The number of nitrogens with one attached hydrogen (secondary N) is 1. The molecule has 0 amide bonds. The molecule has 2 aromatic rings. The van der Waals surface area contributed by atoms with Gasteiger partial charge in [-0.2, -0.15) is 5.26 Å². The molecule has 2 aromatic carbocycles. The van der Waals surface area contributed by atoms with Gasteiger partial charge in [-0.1, -0.05) is 12.1 Å². The van der Waals surface area contributed by atoms with Crippen LogP contribution in [0.1, 0.15) is 18.1 Å². The second-order valence-corrected chi connectivity index (χ2v) is 4.79. The van der Waals surface area contributed by atoms with Crippen molar-refractivity contribution in [3.63, 3.8) is 0 Å². The van der Waals surface area contributed by atoms with E-state index in [0.717, 1.165) is 17.7 Å². The highest BCUT2D eigenvalue weighted by Crippen LogP contribution is 2.21. The van der Waals surface area contributed by atoms with Crippen LogP contribution in [0.4, 0.5) is 15.8 Å². The molecule has 0 radical (unpaired) electrons. The van der Waals surface area contributed by atoms with Crippen molar-refractivity contribution in [2.75, 3.05) is 11.1 Å². The van der Waals surface area contributed by atoms with E-state index in [9.17, 15) is 4.39 Å². The van der Waals surface area contributed by atoms with Crippen LogP contribution in [-0.2, 0) is 6.42 Å². The topological polar surface area (TPSA) is 61.8 Å². The average molecular weight is 269 g/mol. The Morgan fingerprint density at radius 2 is 1.95 bits per heavy atom. The van der Waals surface area contributed by atoms with Crippen LogP contribution in [0.3, 0.4) is 0 Å². The Bertz CT molecular complexity index is 629. The van der Waals surface area contributed by atoms with E-state index < -0.39 is 0 Å². The molecule has 0 heterocycles. The third-order valence-electron chi connectivity index (χ3n) is 3.04. The Morgan fingerprint density at radius 1 is 1.25 bits per heavy atom. The van der Waals surface area contributed by atoms with Crippen LogP contribution in [0.15, 0.2) is 42.5 Å². The normalized spacial score (nSPS) is 11.7. The lowest BCUT2D eigenvalue weighted by molar-refractivity contribution is 0.626. The molecule has 0 aromatic heterocycles. The number of nitriles is 1. The lowest BCUT2D eigenvalue weighted by atomic mass is 10.1. The summed E-state index contributed by atoms with van der Waals surface area (Å²) in [7, 11) is 0. The second kappa shape index (κ2) is 6.07. The minimum atomic E-state index is -0.236. The first kappa shape index (κ1) is 13.9. The van der Waals surface area contributed by atoms with E-state index in [-0.39, 0.29) is 11.9 Å².